The Bertz CT molecular complexity index is 1030. The second-order valence-corrected chi connectivity index (χ2v) is 6.82. The summed E-state index contributed by atoms with van der Waals surface area (Å²) in [5.41, 5.74) is 0.880. The predicted octanol–water partition coefficient (Wildman–Crippen LogP) is 3.61. The average molecular weight is 356 g/mol. The van der Waals surface area contributed by atoms with Gasteiger partial charge in [0.2, 0.25) is 0 Å². The number of pyridine rings is 3. The first kappa shape index (κ1) is 15.9. The van der Waals surface area contributed by atoms with Crippen molar-refractivity contribution in [2.45, 2.75) is 25.8 Å². The predicted molar refractivity (Wildman–Crippen MR) is 101 cm³/mol. The van der Waals surface area contributed by atoms with Gasteiger partial charge in [0.25, 0.3) is 5.56 Å². The Balaban J connectivity index is 1.80. The number of anilines is 3. The number of fused-ring (bicyclic) bond motifs is 1. The van der Waals surface area contributed by atoms with Crippen molar-refractivity contribution in [3.05, 3.63) is 51.5 Å². The van der Waals surface area contributed by atoms with E-state index >= 15 is 0 Å². The minimum Gasteiger partial charge on any atom is -0.367 e. The summed E-state index contributed by atoms with van der Waals surface area (Å²) in [6, 6.07) is 6.04. The van der Waals surface area contributed by atoms with Gasteiger partial charge in [-0.05, 0) is 48.9 Å². The van der Waals surface area contributed by atoms with Crippen LogP contribution in [0.2, 0.25) is 5.02 Å². The molecule has 1 fully saturated rings. The van der Waals surface area contributed by atoms with Crippen molar-refractivity contribution in [2.24, 2.45) is 7.05 Å². The van der Waals surface area contributed by atoms with Crippen LogP contribution >= 0.6 is 11.6 Å². The van der Waals surface area contributed by atoms with Crippen molar-refractivity contribution < 1.29 is 0 Å². The Hall–Kier alpha value is -2.60. The molecule has 1 aliphatic carbocycles. The molecule has 7 heteroatoms. The van der Waals surface area contributed by atoms with Gasteiger partial charge >= 0.3 is 0 Å². The van der Waals surface area contributed by atoms with Gasteiger partial charge in [-0.2, -0.15) is 0 Å². The van der Waals surface area contributed by atoms with E-state index in [1.807, 2.05) is 25.1 Å². The lowest BCUT2D eigenvalue weighted by Gasteiger charge is -2.13. The minimum atomic E-state index is -0.0554. The lowest BCUT2D eigenvalue weighted by Crippen LogP contribution is -2.18. The maximum atomic E-state index is 12.5. The van der Waals surface area contributed by atoms with Crippen molar-refractivity contribution in [3.63, 3.8) is 0 Å². The molecule has 0 unspecified atom stereocenters. The molecule has 3 aromatic rings. The summed E-state index contributed by atoms with van der Waals surface area (Å²) in [4.78, 5) is 21.4. The van der Waals surface area contributed by atoms with Crippen molar-refractivity contribution in [2.75, 3.05) is 10.6 Å². The molecule has 2 N–H and O–H groups in total. The Morgan fingerprint density at radius 3 is 2.80 bits per heavy atom. The van der Waals surface area contributed by atoms with Crippen LogP contribution in [-0.4, -0.2) is 20.6 Å². The number of hydrogen-bond acceptors (Lipinski definition) is 5. The van der Waals surface area contributed by atoms with E-state index in [4.69, 9.17) is 11.6 Å². The molecular formula is C18H18ClN5O. The first-order chi connectivity index (χ1) is 12.0. The van der Waals surface area contributed by atoms with E-state index < -0.39 is 0 Å². The van der Waals surface area contributed by atoms with Gasteiger partial charge in [0.1, 0.15) is 17.5 Å². The fourth-order valence-corrected chi connectivity index (χ4v) is 2.79. The topological polar surface area (TPSA) is 71.8 Å². The molecule has 3 aromatic heterocycles. The SMILES string of the molecule is Cc1cc(Nc2cc3ccn(C)c(=O)c3c(NC3CC3)n2)ncc1Cl. The molecule has 0 amide bonds. The summed E-state index contributed by atoms with van der Waals surface area (Å²) in [5.74, 6) is 1.92. The first-order valence-corrected chi connectivity index (χ1v) is 8.55. The van der Waals surface area contributed by atoms with Crippen LogP contribution in [0, 0.1) is 6.92 Å². The molecular weight excluding hydrogens is 338 g/mol. The average Bonchev–Trinajstić information content (AvgIpc) is 3.38. The highest BCUT2D eigenvalue weighted by Gasteiger charge is 2.23. The summed E-state index contributed by atoms with van der Waals surface area (Å²) in [5, 5.41) is 8.65. The second kappa shape index (κ2) is 6.04. The van der Waals surface area contributed by atoms with E-state index in [2.05, 4.69) is 20.6 Å². The lowest BCUT2D eigenvalue weighted by atomic mass is 10.2. The molecule has 128 valence electrons. The third-order valence-corrected chi connectivity index (χ3v) is 4.68. The van der Waals surface area contributed by atoms with E-state index in [9.17, 15) is 4.79 Å². The maximum absolute atomic E-state index is 12.5. The summed E-state index contributed by atoms with van der Waals surface area (Å²) >= 11 is 6.03. The van der Waals surface area contributed by atoms with Crippen LogP contribution in [0.3, 0.4) is 0 Å². The van der Waals surface area contributed by atoms with Gasteiger partial charge in [-0.25, -0.2) is 9.97 Å². The smallest absolute Gasteiger partial charge is 0.261 e. The molecule has 25 heavy (non-hydrogen) atoms. The Kier molecular flexibility index (Phi) is 3.84. The van der Waals surface area contributed by atoms with Gasteiger partial charge < -0.3 is 15.2 Å². The zero-order valence-electron chi connectivity index (χ0n) is 14.0. The van der Waals surface area contributed by atoms with E-state index in [0.29, 0.717) is 33.9 Å². The number of aromatic nitrogens is 3. The van der Waals surface area contributed by atoms with Gasteiger partial charge in [0.05, 0.1) is 10.4 Å². The molecule has 1 saturated carbocycles. The molecule has 1 aliphatic rings. The van der Waals surface area contributed by atoms with Gasteiger partial charge in [-0.1, -0.05) is 11.6 Å². The van der Waals surface area contributed by atoms with Crippen LogP contribution in [0.15, 0.2) is 35.4 Å². The van der Waals surface area contributed by atoms with Gasteiger partial charge in [-0.3, -0.25) is 4.79 Å². The van der Waals surface area contributed by atoms with Crippen LogP contribution in [0.25, 0.3) is 10.8 Å². The maximum Gasteiger partial charge on any atom is 0.261 e. The fraction of sp³-hybridized carbons (Fsp3) is 0.278. The molecule has 4 rings (SSSR count). The monoisotopic (exact) mass is 355 g/mol. The van der Waals surface area contributed by atoms with E-state index in [-0.39, 0.29) is 5.56 Å². The Morgan fingerprint density at radius 1 is 1.28 bits per heavy atom. The van der Waals surface area contributed by atoms with Crippen LogP contribution in [0.5, 0.6) is 0 Å². The summed E-state index contributed by atoms with van der Waals surface area (Å²) in [6.45, 7) is 1.92. The zero-order valence-corrected chi connectivity index (χ0v) is 14.8. The van der Waals surface area contributed by atoms with Gasteiger partial charge in [0, 0.05) is 25.5 Å². The molecule has 0 saturated heterocycles. The summed E-state index contributed by atoms with van der Waals surface area (Å²) < 4.78 is 1.57. The summed E-state index contributed by atoms with van der Waals surface area (Å²) in [6.07, 6.45) is 5.58. The van der Waals surface area contributed by atoms with Crippen molar-refractivity contribution >= 4 is 39.8 Å². The van der Waals surface area contributed by atoms with Crippen LogP contribution < -0.4 is 16.2 Å². The Morgan fingerprint density at radius 2 is 2.08 bits per heavy atom. The molecule has 0 aliphatic heterocycles. The van der Waals surface area contributed by atoms with Gasteiger partial charge in [-0.15, -0.1) is 0 Å². The van der Waals surface area contributed by atoms with Crippen molar-refractivity contribution in [1.82, 2.24) is 14.5 Å². The number of nitrogens with one attached hydrogen (secondary N) is 2. The Labute approximate surface area is 149 Å². The van der Waals surface area contributed by atoms with Crippen LogP contribution in [0.1, 0.15) is 18.4 Å². The van der Waals surface area contributed by atoms with Gasteiger partial charge in [0.15, 0.2) is 0 Å². The highest BCUT2D eigenvalue weighted by Crippen LogP contribution is 2.29. The molecule has 0 spiro atoms. The highest BCUT2D eigenvalue weighted by atomic mass is 35.5. The fourth-order valence-electron chi connectivity index (χ4n) is 2.69. The molecule has 0 radical (unpaired) electrons. The molecule has 0 bridgehead atoms. The molecule has 6 nitrogen and oxygen atoms in total. The number of hydrogen-bond donors (Lipinski definition) is 2. The first-order valence-electron chi connectivity index (χ1n) is 8.17. The standard InChI is InChI=1S/C18H18ClN5O/c1-10-7-14(20-9-13(10)19)22-15-8-11-5-6-24(2)18(25)16(11)17(23-15)21-12-3-4-12/h5-9,12H,3-4H2,1-2H3,(H2,20,21,22,23). The van der Waals surface area contributed by atoms with Crippen molar-refractivity contribution in [3.8, 4) is 0 Å². The molecule has 0 atom stereocenters. The normalized spacial score (nSPS) is 13.9. The van der Waals surface area contributed by atoms with Crippen LogP contribution in [-0.2, 0) is 7.05 Å². The zero-order chi connectivity index (χ0) is 17.6. The lowest BCUT2D eigenvalue weighted by molar-refractivity contribution is 0.872. The van der Waals surface area contributed by atoms with E-state index in [1.54, 1.807) is 24.0 Å². The third-order valence-electron chi connectivity index (χ3n) is 4.28. The second-order valence-electron chi connectivity index (χ2n) is 6.41. The largest absolute Gasteiger partial charge is 0.367 e. The van der Waals surface area contributed by atoms with E-state index in [0.717, 1.165) is 23.8 Å². The van der Waals surface area contributed by atoms with Crippen molar-refractivity contribution in [1.29, 1.82) is 0 Å². The third kappa shape index (κ3) is 3.17. The quantitative estimate of drug-likeness (QED) is 0.748. The van der Waals surface area contributed by atoms with Crippen LogP contribution in [0.4, 0.5) is 17.5 Å². The minimum absolute atomic E-state index is 0.0554. The molecule has 0 aromatic carbocycles. The number of rotatable bonds is 4. The summed E-state index contributed by atoms with van der Waals surface area (Å²) in [7, 11) is 1.75. The number of aryl methyl sites for hydroxylation is 2. The van der Waals surface area contributed by atoms with E-state index in [1.165, 1.54) is 0 Å². The highest BCUT2D eigenvalue weighted by molar-refractivity contribution is 6.31. The number of nitrogens with zero attached hydrogens (tertiary/aromatic N) is 3. The molecule has 3 heterocycles. The number of halogens is 1.